The average molecular weight is 278 g/mol. The van der Waals surface area contributed by atoms with Crippen molar-refractivity contribution in [2.75, 3.05) is 25.1 Å². The topological polar surface area (TPSA) is 38.5 Å². The Kier molecular flexibility index (Phi) is 5.16. The summed E-state index contributed by atoms with van der Waals surface area (Å²) >= 11 is 5.01. The predicted octanol–water partition coefficient (Wildman–Crippen LogP) is 2.72. The molecule has 1 saturated heterocycles. The van der Waals surface area contributed by atoms with E-state index in [1.807, 2.05) is 12.1 Å². The van der Waals surface area contributed by atoms with Crippen molar-refractivity contribution in [1.82, 2.24) is 0 Å². The summed E-state index contributed by atoms with van der Waals surface area (Å²) in [4.78, 5) is 2.70. The molecule has 0 bridgehead atoms. The van der Waals surface area contributed by atoms with Crippen molar-refractivity contribution >= 4 is 22.9 Å². The molecule has 0 spiro atoms. The summed E-state index contributed by atoms with van der Waals surface area (Å²) in [5, 5.41) is 0. The maximum atomic E-state index is 5.66. The van der Waals surface area contributed by atoms with Crippen molar-refractivity contribution in [3.05, 3.63) is 29.8 Å². The number of anilines is 1. The third-order valence-corrected chi connectivity index (χ3v) is 3.85. The molecule has 0 radical (unpaired) electrons. The second-order valence-corrected chi connectivity index (χ2v) is 5.55. The number of hydrogen-bond donors (Lipinski definition) is 1. The van der Waals surface area contributed by atoms with Crippen molar-refractivity contribution in [2.45, 2.75) is 31.8 Å². The van der Waals surface area contributed by atoms with Gasteiger partial charge in [0.2, 0.25) is 0 Å². The molecule has 4 heteroatoms. The van der Waals surface area contributed by atoms with Crippen LogP contribution in [0.5, 0.6) is 0 Å². The lowest BCUT2D eigenvalue weighted by Gasteiger charge is -2.20. The van der Waals surface area contributed by atoms with Gasteiger partial charge in [-0.2, -0.15) is 0 Å². The van der Waals surface area contributed by atoms with E-state index in [0.29, 0.717) is 11.1 Å². The Labute approximate surface area is 120 Å². The fourth-order valence-corrected chi connectivity index (χ4v) is 2.58. The van der Waals surface area contributed by atoms with Crippen LogP contribution in [0.1, 0.15) is 31.2 Å². The van der Waals surface area contributed by atoms with Crippen LogP contribution < -0.4 is 10.6 Å². The van der Waals surface area contributed by atoms with Crippen LogP contribution in [-0.4, -0.2) is 31.3 Å². The summed E-state index contributed by atoms with van der Waals surface area (Å²) in [5.41, 5.74) is 7.76. The Balaban J connectivity index is 1.83. The van der Waals surface area contributed by atoms with Crippen LogP contribution in [0.2, 0.25) is 0 Å². The number of nitrogens with zero attached hydrogens (tertiary/aromatic N) is 1. The van der Waals surface area contributed by atoms with Gasteiger partial charge in [-0.3, -0.25) is 0 Å². The van der Waals surface area contributed by atoms with Crippen LogP contribution in [0.15, 0.2) is 24.3 Å². The van der Waals surface area contributed by atoms with Crippen LogP contribution in [0, 0.1) is 0 Å². The number of hydrogen-bond acceptors (Lipinski definition) is 3. The highest BCUT2D eigenvalue weighted by Gasteiger charge is 2.15. The van der Waals surface area contributed by atoms with Crippen molar-refractivity contribution in [3.8, 4) is 0 Å². The normalized spacial score (nSPS) is 18.5. The molecular weight excluding hydrogens is 256 g/mol. The van der Waals surface area contributed by atoms with Crippen molar-refractivity contribution in [2.24, 2.45) is 5.73 Å². The van der Waals surface area contributed by atoms with Gasteiger partial charge in [-0.25, -0.2) is 0 Å². The van der Waals surface area contributed by atoms with E-state index in [0.717, 1.165) is 37.2 Å². The minimum Gasteiger partial charge on any atom is -0.389 e. The van der Waals surface area contributed by atoms with Crippen LogP contribution in [0.25, 0.3) is 0 Å². The molecular formula is C15H22N2OS. The first-order valence-electron chi connectivity index (χ1n) is 6.89. The van der Waals surface area contributed by atoms with Crippen molar-refractivity contribution < 1.29 is 4.74 Å². The molecule has 19 heavy (non-hydrogen) atoms. The molecule has 2 N–H and O–H groups in total. The molecule has 1 aliphatic rings. The number of nitrogens with two attached hydrogens (primary N) is 1. The summed E-state index contributed by atoms with van der Waals surface area (Å²) < 4.78 is 5.64. The zero-order valence-electron chi connectivity index (χ0n) is 11.5. The maximum absolute atomic E-state index is 5.66. The standard InChI is InChI=1S/C15H22N2OS/c1-17(9-3-7-14-8-4-10-18-14)13-6-2-5-12(11-13)15(16)19/h2,5-6,11,14H,3-4,7-10H2,1H3,(H2,16,19). The molecule has 1 aromatic carbocycles. The highest BCUT2D eigenvalue weighted by Crippen LogP contribution is 2.19. The molecule has 0 aliphatic carbocycles. The zero-order chi connectivity index (χ0) is 13.7. The van der Waals surface area contributed by atoms with E-state index in [1.165, 1.54) is 12.8 Å². The second kappa shape index (κ2) is 6.87. The molecule has 1 fully saturated rings. The lowest BCUT2D eigenvalue weighted by molar-refractivity contribution is 0.103. The van der Waals surface area contributed by atoms with Crippen LogP contribution in [0.3, 0.4) is 0 Å². The minimum absolute atomic E-state index is 0.453. The molecule has 1 heterocycles. The highest BCUT2D eigenvalue weighted by molar-refractivity contribution is 7.80. The predicted molar refractivity (Wildman–Crippen MR) is 83.8 cm³/mol. The SMILES string of the molecule is CN(CCCC1CCCO1)c1cccc(C(N)=S)c1. The molecule has 3 nitrogen and oxygen atoms in total. The molecule has 0 aromatic heterocycles. The van der Waals surface area contributed by atoms with Crippen molar-refractivity contribution in [3.63, 3.8) is 0 Å². The number of thiocarbonyl (C=S) groups is 1. The maximum Gasteiger partial charge on any atom is 0.104 e. The Morgan fingerprint density at radius 3 is 3.05 bits per heavy atom. The summed E-state index contributed by atoms with van der Waals surface area (Å²) in [6.07, 6.45) is 5.23. The molecule has 1 aliphatic heterocycles. The number of benzene rings is 1. The van der Waals surface area contributed by atoms with Gasteiger partial charge in [0.05, 0.1) is 6.10 Å². The van der Waals surface area contributed by atoms with Gasteiger partial charge in [-0.15, -0.1) is 0 Å². The van der Waals surface area contributed by atoms with Gasteiger partial charge in [-0.05, 0) is 37.8 Å². The number of ether oxygens (including phenoxy) is 1. The van der Waals surface area contributed by atoms with E-state index in [2.05, 4.69) is 24.1 Å². The average Bonchev–Trinajstić information content (AvgIpc) is 2.92. The monoisotopic (exact) mass is 278 g/mol. The van der Waals surface area contributed by atoms with Gasteiger partial charge in [0.15, 0.2) is 0 Å². The molecule has 1 unspecified atom stereocenters. The minimum atomic E-state index is 0.453. The first-order chi connectivity index (χ1) is 9.16. The smallest absolute Gasteiger partial charge is 0.104 e. The number of rotatable bonds is 6. The first kappa shape index (κ1) is 14.3. The summed E-state index contributed by atoms with van der Waals surface area (Å²) in [6, 6.07) is 8.09. The summed E-state index contributed by atoms with van der Waals surface area (Å²) in [5.74, 6) is 0. The van der Waals surface area contributed by atoms with E-state index in [-0.39, 0.29) is 0 Å². The van der Waals surface area contributed by atoms with Gasteiger partial charge in [0, 0.05) is 31.5 Å². The fourth-order valence-electron chi connectivity index (χ4n) is 2.45. The Morgan fingerprint density at radius 2 is 2.37 bits per heavy atom. The van der Waals surface area contributed by atoms with Crippen LogP contribution in [-0.2, 0) is 4.74 Å². The van der Waals surface area contributed by atoms with E-state index in [4.69, 9.17) is 22.7 Å². The van der Waals surface area contributed by atoms with Crippen LogP contribution in [0.4, 0.5) is 5.69 Å². The quantitative estimate of drug-likeness (QED) is 0.812. The third-order valence-electron chi connectivity index (χ3n) is 3.62. The van der Waals surface area contributed by atoms with E-state index < -0.39 is 0 Å². The third kappa shape index (κ3) is 4.18. The Morgan fingerprint density at radius 1 is 1.53 bits per heavy atom. The Hall–Kier alpha value is -1.13. The fraction of sp³-hybridized carbons (Fsp3) is 0.533. The van der Waals surface area contributed by atoms with E-state index in [1.54, 1.807) is 0 Å². The van der Waals surface area contributed by atoms with E-state index >= 15 is 0 Å². The van der Waals surface area contributed by atoms with Gasteiger partial charge in [-0.1, -0.05) is 24.4 Å². The zero-order valence-corrected chi connectivity index (χ0v) is 12.3. The molecule has 0 saturated carbocycles. The van der Waals surface area contributed by atoms with Gasteiger partial charge in [0.25, 0.3) is 0 Å². The van der Waals surface area contributed by atoms with E-state index in [9.17, 15) is 0 Å². The van der Waals surface area contributed by atoms with Crippen molar-refractivity contribution in [1.29, 1.82) is 0 Å². The van der Waals surface area contributed by atoms with Crippen LogP contribution >= 0.6 is 12.2 Å². The van der Waals surface area contributed by atoms with Gasteiger partial charge >= 0.3 is 0 Å². The Bertz CT molecular complexity index is 430. The summed E-state index contributed by atoms with van der Waals surface area (Å²) in [6.45, 7) is 1.97. The molecule has 1 atom stereocenters. The molecule has 1 aromatic rings. The molecule has 0 amide bonds. The molecule has 2 rings (SSSR count). The highest BCUT2D eigenvalue weighted by atomic mass is 32.1. The van der Waals surface area contributed by atoms with Gasteiger partial charge < -0.3 is 15.4 Å². The first-order valence-corrected chi connectivity index (χ1v) is 7.30. The second-order valence-electron chi connectivity index (χ2n) is 5.11. The lowest BCUT2D eigenvalue weighted by atomic mass is 10.1. The molecule has 104 valence electrons. The summed E-state index contributed by atoms with van der Waals surface area (Å²) in [7, 11) is 2.11. The largest absolute Gasteiger partial charge is 0.389 e. The van der Waals surface area contributed by atoms with Gasteiger partial charge in [0.1, 0.15) is 4.99 Å². The lowest BCUT2D eigenvalue weighted by Crippen LogP contribution is -2.20.